The van der Waals surface area contributed by atoms with Crippen molar-refractivity contribution in [3.63, 3.8) is 0 Å². The summed E-state index contributed by atoms with van der Waals surface area (Å²) in [6.07, 6.45) is 4.43. The van der Waals surface area contributed by atoms with Crippen LogP contribution in [0.3, 0.4) is 0 Å². The molecule has 1 aliphatic carbocycles. The normalized spacial score (nSPS) is 28.1. The van der Waals surface area contributed by atoms with Gasteiger partial charge in [0.2, 0.25) is 5.91 Å². The monoisotopic (exact) mass is 270 g/mol. The van der Waals surface area contributed by atoms with Gasteiger partial charge < -0.3 is 16.2 Å². The lowest BCUT2D eigenvalue weighted by Gasteiger charge is -2.27. The van der Waals surface area contributed by atoms with Crippen molar-refractivity contribution in [1.29, 1.82) is 0 Å². The molecule has 0 aliphatic heterocycles. The number of carbonyl (C=O) groups is 2. The molecule has 1 fully saturated rings. The van der Waals surface area contributed by atoms with Crippen LogP contribution in [0.2, 0.25) is 0 Å². The summed E-state index contributed by atoms with van der Waals surface area (Å²) in [7, 11) is 0. The van der Waals surface area contributed by atoms with Crippen LogP contribution in [0.4, 0.5) is 0 Å². The van der Waals surface area contributed by atoms with E-state index in [2.05, 4.69) is 12.2 Å². The van der Waals surface area contributed by atoms with Crippen molar-refractivity contribution in [2.75, 3.05) is 6.54 Å². The number of hydrogen-bond donors (Lipinski definition) is 3. The number of carboxylic acids is 1. The van der Waals surface area contributed by atoms with Crippen molar-refractivity contribution in [3.8, 4) is 0 Å². The zero-order valence-corrected chi connectivity index (χ0v) is 11.9. The lowest BCUT2D eigenvalue weighted by atomic mass is 9.85. The summed E-state index contributed by atoms with van der Waals surface area (Å²) in [5, 5.41) is 12.2. The minimum absolute atomic E-state index is 0.0387. The molecular weight excluding hydrogens is 244 g/mol. The van der Waals surface area contributed by atoms with Crippen molar-refractivity contribution in [3.05, 3.63) is 0 Å². The third-order valence-corrected chi connectivity index (χ3v) is 4.31. The Labute approximate surface area is 114 Å². The molecule has 5 heteroatoms. The van der Waals surface area contributed by atoms with E-state index in [0.717, 1.165) is 25.7 Å². The molecule has 4 N–H and O–H groups in total. The lowest BCUT2D eigenvalue weighted by molar-refractivity contribution is -0.149. The predicted molar refractivity (Wildman–Crippen MR) is 73.6 cm³/mol. The Hall–Kier alpha value is -1.10. The maximum atomic E-state index is 11.9. The molecule has 3 atom stereocenters. The molecular formula is C14H26N2O3. The van der Waals surface area contributed by atoms with Gasteiger partial charge in [0.25, 0.3) is 0 Å². The highest BCUT2D eigenvalue weighted by Crippen LogP contribution is 2.38. The average Bonchev–Trinajstić information content (AvgIpc) is 2.70. The van der Waals surface area contributed by atoms with Crippen molar-refractivity contribution >= 4 is 11.9 Å². The fraction of sp³-hybridized carbons (Fsp3) is 0.857. The molecule has 0 aromatic rings. The molecule has 0 spiro atoms. The molecule has 1 saturated carbocycles. The summed E-state index contributed by atoms with van der Waals surface area (Å²) in [5.41, 5.74) is 4.66. The van der Waals surface area contributed by atoms with Gasteiger partial charge >= 0.3 is 5.97 Å². The van der Waals surface area contributed by atoms with E-state index in [-0.39, 0.29) is 11.9 Å². The molecule has 1 rings (SSSR count). The first-order chi connectivity index (χ1) is 8.90. The van der Waals surface area contributed by atoms with Crippen molar-refractivity contribution in [1.82, 2.24) is 5.32 Å². The van der Waals surface area contributed by atoms with Gasteiger partial charge in [0.1, 0.15) is 0 Å². The molecule has 0 saturated heterocycles. The van der Waals surface area contributed by atoms with E-state index in [4.69, 9.17) is 5.73 Å². The minimum Gasteiger partial charge on any atom is -0.481 e. The molecule has 0 bridgehead atoms. The van der Waals surface area contributed by atoms with Crippen LogP contribution in [-0.2, 0) is 9.59 Å². The van der Waals surface area contributed by atoms with Crippen LogP contribution in [0.15, 0.2) is 0 Å². The Morgan fingerprint density at radius 3 is 2.74 bits per heavy atom. The summed E-state index contributed by atoms with van der Waals surface area (Å²) >= 11 is 0. The number of amides is 1. The second-order valence-corrected chi connectivity index (χ2v) is 5.96. The summed E-state index contributed by atoms with van der Waals surface area (Å²) in [4.78, 5) is 23.2. The Bertz CT molecular complexity index is 333. The lowest BCUT2D eigenvalue weighted by Crippen LogP contribution is -2.47. The second-order valence-electron chi connectivity index (χ2n) is 5.96. The highest BCUT2D eigenvalue weighted by atomic mass is 16.4. The van der Waals surface area contributed by atoms with E-state index >= 15 is 0 Å². The van der Waals surface area contributed by atoms with E-state index in [0.29, 0.717) is 25.3 Å². The molecule has 3 unspecified atom stereocenters. The SMILES string of the molecule is CC(CCN)CCC(=O)NC1CCCC1(C)C(=O)O. The van der Waals surface area contributed by atoms with Gasteiger partial charge in [-0.15, -0.1) is 0 Å². The van der Waals surface area contributed by atoms with Gasteiger partial charge in [0.05, 0.1) is 5.41 Å². The fourth-order valence-corrected chi connectivity index (χ4v) is 2.73. The van der Waals surface area contributed by atoms with Gasteiger partial charge in [-0.2, -0.15) is 0 Å². The fourth-order valence-electron chi connectivity index (χ4n) is 2.73. The molecule has 19 heavy (non-hydrogen) atoms. The third kappa shape index (κ3) is 4.20. The maximum absolute atomic E-state index is 11.9. The number of rotatable bonds is 7. The first kappa shape index (κ1) is 16.0. The van der Waals surface area contributed by atoms with Crippen molar-refractivity contribution in [2.24, 2.45) is 17.1 Å². The average molecular weight is 270 g/mol. The van der Waals surface area contributed by atoms with Gasteiger partial charge in [-0.1, -0.05) is 13.3 Å². The second kappa shape index (κ2) is 6.89. The van der Waals surface area contributed by atoms with Crippen LogP contribution < -0.4 is 11.1 Å². The van der Waals surface area contributed by atoms with Crippen LogP contribution in [0, 0.1) is 11.3 Å². The van der Waals surface area contributed by atoms with E-state index < -0.39 is 11.4 Å². The quantitative estimate of drug-likeness (QED) is 0.654. The van der Waals surface area contributed by atoms with Crippen LogP contribution in [0.25, 0.3) is 0 Å². The topological polar surface area (TPSA) is 92.4 Å². The molecule has 0 radical (unpaired) electrons. The zero-order chi connectivity index (χ0) is 14.5. The van der Waals surface area contributed by atoms with Crippen LogP contribution >= 0.6 is 0 Å². The highest BCUT2D eigenvalue weighted by Gasteiger charge is 2.45. The summed E-state index contributed by atoms with van der Waals surface area (Å²) < 4.78 is 0. The van der Waals surface area contributed by atoms with Gasteiger partial charge in [-0.25, -0.2) is 0 Å². The van der Waals surface area contributed by atoms with E-state index in [1.807, 2.05) is 0 Å². The van der Waals surface area contributed by atoms with Crippen LogP contribution in [-0.4, -0.2) is 29.6 Å². The highest BCUT2D eigenvalue weighted by molar-refractivity contribution is 5.80. The molecule has 0 aromatic heterocycles. The Balaban J connectivity index is 2.42. The van der Waals surface area contributed by atoms with E-state index in [1.165, 1.54) is 0 Å². The van der Waals surface area contributed by atoms with Gasteiger partial charge in [-0.3, -0.25) is 9.59 Å². The van der Waals surface area contributed by atoms with Crippen LogP contribution in [0.5, 0.6) is 0 Å². The van der Waals surface area contributed by atoms with Crippen LogP contribution in [0.1, 0.15) is 52.4 Å². The first-order valence-corrected chi connectivity index (χ1v) is 7.13. The Morgan fingerprint density at radius 2 is 2.16 bits per heavy atom. The number of nitrogens with two attached hydrogens (primary N) is 1. The van der Waals surface area contributed by atoms with E-state index in [1.54, 1.807) is 6.92 Å². The molecule has 110 valence electrons. The third-order valence-electron chi connectivity index (χ3n) is 4.31. The van der Waals surface area contributed by atoms with Crippen molar-refractivity contribution < 1.29 is 14.7 Å². The molecule has 5 nitrogen and oxygen atoms in total. The number of nitrogens with one attached hydrogen (secondary N) is 1. The van der Waals surface area contributed by atoms with E-state index in [9.17, 15) is 14.7 Å². The maximum Gasteiger partial charge on any atom is 0.311 e. The van der Waals surface area contributed by atoms with Gasteiger partial charge in [0, 0.05) is 12.5 Å². The smallest absolute Gasteiger partial charge is 0.311 e. The van der Waals surface area contributed by atoms with Crippen molar-refractivity contribution in [2.45, 2.75) is 58.4 Å². The largest absolute Gasteiger partial charge is 0.481 e. The zero-order valence-electron chi connectivity index (χ0n) is 11.9. The van der Waals surface area contributed by atoms with Gasteiger partial charge in [-0.05, 0) is 45.1 Å². The minimum atomic E-state index is -0.813. The molecule has 0 heterocycles. The number of carbonyl (C=O) groups excluding carboxylic acids is 1. The predicted octanol–water partition coefficient (Wildman–Crippen LogP) is 1.51. The Morgan fingerprint density at radius 1 is 1.47 bits per heavy atom. The first-order valence-electron chi connectivity index (χ1n) is 7.13. The summed E-state index contributed by atoms with van der Waals surface area (Å²) in [5.74, 6) is -0.416. The molecule has 0 aromatic carbocycles. The number of carboxylic acid groups (broad SMARTS) is 1. The number of hydrogen-bond acceptors (Lipinski definition) is 3. The number of aliphatic carboxylic acids is 1. The molecule has 1 aliphatic rings. The van der Waals surface area contributed by atoms with Gasteiger partial charge in [0.15, 0.2) is 0 Å². The Kier molecular flexibility index (Phi) is 5.79. The summed E-state index contributed by atoms with van der Waals surface area (Å²) in [6.45, 7) is 4.45. The molecule has 1 amide bonds. The summed E-state index contributed by atoms with van der Waals surface area (Å²) in [6, 6.07) is -0.234. The standard InChI is InChI=1S/C14H26N2O3/c1-10(7-9-15)5-6-12(17)16-11-4-3-8-14(11,2)13(18)19/h10-11H,3-9,15H2,1-2H3,(H,16,17)(H,18,19).